The molecule has 1 heterocycles. The minimum atomic E-state index is -0.683. The Morgan fingerprint density at radius 2 is 1.90 bits per heavy atom. The fourth-order valence-electron chi connectivity index (χ4n) is 3.67. The Bertz CT molecular complexity index is 1040. The van der Waals surface area contributed by atoms with Gasteiger partial charge in [0.1, 0.15) is 5.75 Å². The quantitative estimate of drug-likeness (QED) is 0.537. The van der Waals surface area contributed by atoms with Gasteiger partial charge in [0.25, 0.3) is 5.89 Å². The number of hydrogen-bond acceptors (Lipinski definition) is 5. The number of halogens is 1. The van der Waals surface area contributed by atoms with E-state index in [-0.39, 0.29) is 12.0 Å². The standard InChI is InChI=1S/C23H23ClN2O4/c1-13(2)29-20-8-7-17(12-19(20)24)21-25-22(30-26-21)16-5-3-14(4-6-16)9-15-10-18(11-15)23(27)28/h3-8,12-13,15,18H,9-11H2,1-2H3,(H,27,28). The first-order valence-electron chi connectivity index (χ1n) is 10.0. The largest absolute Gasteiger partial charge is 0.489 e. The first-order chi connectivity index (χ1) is 14.4. The number of benzene rings is 2. The van der Waals surface area contributed by atoms with Crippen LogP contribution in [-0.2, 0) is 11.2 Å². The summed E-state index contributed by atoms with van der Waals surface area (Å²) in [6.07, 6.45) is 2.44. The fourth-order valence-corrected chi connectivity index (χ4v) is 3.89. The highest BCUT2D eigenvalue weighted by molar-refractivity contribution is 6.32. The number of carbonyl (C=O) groups is 1. The Morgan fingerprint density at radius 3 is 2.53 bits per heavy atom. The number of hydrogen-bond donors (Lipinski definition) is 1. The van der Waals surface area contributed by atoms with E-state index in [9.17, 15) is 4.79 Å². The molecule has 1 aromatic heterocycles. The molecule has 1 aliphatic rings. The van der Waals surface area contributed by atoms with Gasteiger partial charge in [-0.05, 0) is 74.9 Å². The van der Waals surface area contributed by atoms with Gasteiger partial charge in [-0.1, -0.05) is 28.9 Å². The number of carboxylic acid groups (broad SMARTS) is 1. The Balaban J connectivity index is 1.43. The highest BCUT2D eigenvalue weighted by atomic mass is 35.5. The molecule has 0 bridgehead atoms. The molecule has 0 unspecified atom stereocenters. The zero-order valence-electron chi connectivity index (χ0n) is 16.8. The van der Waals surface area contributed by atoms with Crippen LogP contribution in [-0.4, -0.2) is 27.3 Å². The van der Waals surface area contributed by atoms with Gasteiger partial charge in [0.15, 0.2) is 0 Å². The highest BCUT2D eigenvalue weighted by Crippen LogP contribution is 2.36. The average Bonchev–Trinajstić information content (AvgIpc) is 3.16. The van der Waals surface area contributed by atoms with Crippen LogP contribution < -0.4 is 4.74 Å². The Morgan fingerprint density at radius 1 is 1.20 bits per heavy atom. The van der Waals surface area contributed by atoms with E-state index in [1.165, 1.54) is 5.56 Å². The summed E-state index contributed by atoms with van der Waals surface area (Å²) in [5, 5.41) is 13.6. The lowest BCUT2D eigenvalue weighted by Crippen LogP contribution is -2.31. The average molecular weight is 427 g/mol. The number of nitrogens with zero attached hydrogens (tertiary/aromatic N) is 2. The summed E-state index contributed by atoms with van der Waals surface area (Å²) in [6.45, 7) is 3.89. The molecule has 1 N–H and O–H groups in total. The van der Waals surface area contributed by atoms with E-state index in [1.807, 2.05) is 44.2 Å². The van der Waals surface area contributed by atoms with Crippen molar-refractivity contribution < 1.29 is 19.2 Å². The second-order valence-electron chi connectivity index (χ2n) is 8.01. The molecule has 1 saturated carbocycles. The topological polar surface area (TPSA) is 85.5 Å². The maximum atomic E-state index is 10.9. The third kappa shape index (κ3) is 4.49. The van der Waals surface area contributed by atoms with Crippen LogP contribution >= 0.6 is 11.6 Å². The van der Waals surface area contributed by atoms with Crippen molar-refractivity contribution in [3.05, 3.63) is 53.1 Å². The van der Waals surface area contributed by atoms with E-state index in [4.69, 9.17) is 26.0 Å². The van der Waals surface area contributed by atoms with E-state index >= 15 is 0 Å². The Kier molecular flexibility index (Phi) is 5.77. The third-order valence-electron chi connectivity index (χ3n) is 5.29. The van der Waals surface area contributed by atoms with Crippen LogP contribution in [0.1, 0.15) is 32.3 Å². The van der Waals surface area contributed by atoms with E-state index in [2.05, 4.69) is 10.1 Å². The first kappa shape index (κ1) is 20.4. The zero-order valence-corrected chi connectivity index (χ0v) is 17.6. The van der Waals surface area contributed by atoms with Crippen LogP contribution in [0.25, 0.3) is 22.8 Å². The van der Waals surface area contributed by atoms with E-state index < -0.39 is 5.97 Å². The number of carboxylic acids is 1. The number of rotatable bonds is 7. The molecule has 156 valence electrons. The minimum Gasteiger partial charge on any atom is -0.489 e. The van der Waals surface area contributed by atoms with Gasteiger partial charge in [-0.3, -0.25) is 4.79 Å². The predicted octanol–water partition coefficient (Wildman–Crippen LogP) is 5.50. The Hall–Kier alpha value is -2.86. The van der Waals surface area contributed by atoms with Gasteiger partial charge in [-0.25, -0.2) is 0 Å². The maximum Gasteiger partial charge on any atom is 0.306 e. The van der Waals surface area contributed by atoms with Crippen molar-refractivity contribution in [2.24, 2.45) is 11.8 Å². The zero-order chi connectivity index (χ0) is 21.3. The predicted molar refractivity (Wildman–Crippen MR) is 113 cm³/mol. The molecule has 3 aromatic rings. The molecule has 4 rings (SSSR count). The molecule has 1 fully saturated rings. The summed E-state index contributed by atoms with van der Waals surface area (Å²) in [7, 11) is 0. The van der Waals surface area contributed by atoms with Crippen molar-refractivity contribution in [1.29, 1.82) is 0 Å². The molecule has 30 heavy (non-hydrogen) atoms. The monoisotopic (exact) mass is 426 g/mol. The van der Waals surface area contributed by atoms with Crippen LogP contribution in [0.15, 0.2) is 47.0 Å². The lowest BCUT2D eigenvalue weighted by atomic mass is 9.72. The van der Waals surface area contributed by atoms with Crippen molar-refractivity contribution in [3.63, 3.8) is 0 Å². The molecular formula is C23H23ClN2O4. The van der Waals surface area contributed by atoms with Gasteiger partial charge < -0.3 is 14.4 Å². The molecule has 0 saturated heterocycles. The van der Waals surface area contributed by atoms with Crippen molar-refractivity contribution >= 4 is 17.6 Å². The molecule has 1 aliphatic carbocycles. The maximum absolute atomic E-state index is 10.9. The third-order valence-corrected chi connectivity index (χ3v) is 5.58. The van der Waals surface area contributed by atoms with Gasteiger partial charge in [-0.15, -0.1) is 0 Å². The van der Waals surface area contributed by atoms with Crippen LogP contribution in [0.3, 0.4) is 0 Å². The summed E-state index contributed by atoms with van der Waals surface area (Å²) in [6, 6.07) is 13.4. The van der Waals surface area contributed by atoms with Crippen LogP contribution in [0.4, 0.5) is 0 Å². The Labute approximate surface area is 179 Å². The summed E-state index contributed by atoms with van der Waals surface area (Å²) in [5.74, 6) is 1.10. The van der Waals surface area contributed by atoms with E-state index in [0.29, 0.717) is 28.4 Å². The second-order valence-corrected chi connectivity index (χ2v) is 8.42. The summed E-state index contributed by atoms with van der Waals surface area (Å²) < 4.78 is 11.1. The van der Waals surface area contributed by atoms with Crippen molar-refractivity contribution in [2.75, 3.05) is 0 Å². The molecule has 0 radical (unpaired) electrons. The molecule has 7 heteroatoms. The van der Waals surface area contributed by atoms with E-state index in [1.54, 1.807) is 12.1 Å². The van der Waals surface area contributed by atoms with Crippen molar-refractivity contribution in [1.82, 2.24) is 10.1 Å². The van der Waals surface area contributed by atoms with Gasteiger partial charge in [0.05, 0.1) is 17.0 Å². The number of aliphatic carboxylic acids is 1. The molecule has 0 amide bonds. The molecule has 2 aromatic carbocycles. The fraction of sp³-hybridized carbons (Fsp3) is 0.348. The van der Waals surface area contributed by atoms with Gasteiger partial charge in [-0.2, -0.15) is 4.98 Å². The number of aromatic nitrogens is 2. The van der Waals surface area contributed by atoms with E-state index in [0.717, 1.165) is 30.4 Å². The summed E-state index contributed by atoms with van der Waals surface area (Å²) in [5.41, 5.74) is 2.76. The molecule has 0 spiro atoms. The molecular weight excluding hydrogens is 404 g/mol. The SMILES string of the molecule is CC(C)Oc1ccc(-c2noc(-c3ccc(CC4CC(C(=O)O)C4)cc3)n2)cc1Cl. The van der Waals surface area contributed by atoms with Gasteiger partial charge >= 0.3 is 5.97 Å². The molecule has 0 aliphatic heterocycles. The van der Waals surface area contributed by atoms with Gasteiger partial charge in [0, 0.05) is 11.1 Å². The summed E-state index contributed by atoms with van der Waals surface area (Å²) in [4.78, 5) is 15.4. The minimum absolute atomic E-state index is 0.0380. The van der Waals surface area contributed by atoms with Crippen LogP contribution in [0.5, 0.6) is 5.75 Å². The number of ether oxygens (including phenoxy) is 1. The van der Waals surface area contributed by atoms with Crippen molar-refractivity contribution in [2.45, 2.75) is 39.2 Å². The first-order valence-corrected chi connectivity index (χ1v) is 10.4. The normalized spacial score (nSPS) is 18.3. The van der Waals surface area contributed by atoms with Crippen LogP contribution in [0.2, 0.25) is 5.02 Å². The second kappa shape index (κ2) is 8.48. The van der Waals surface area contributed by atoms with Crippen LogP contribution in [0, 0.1) is 11.8 Å². The smallest absolute Gasteiger partial charge is 0.306 e. The van der Waals surface area contributed by atoms with Crippen molar-refractivity contribution in [3.8, 4) is 28.6 Å². The highest BCUT2D eigenvalue weighted by Gasteiger charge is 2.34. The molecule has 6 nitrogen and oxygen atoms in total. The lowest BCUT2D eigenvalue weighted by Gasteiger charge is -2.32. The lowest BCUT2D eigenvalue weighted by molar-refractivity contribution is -0.146. The summed E-state index contributed by atoms with van der Waals surface area (Å²) >= 11 is 6.31. The van der Waals surface area contributed by atoms with Gasteiger partial charge in [0.2, 0.25) is 5.82 Å². The molecule has 0 atom stereocenters.